The topological polar surface area (TPSA) is 75.6 Å². The van der Waals surface area contributed by atoms with Gasteiger partial charge in [0.1, 0.15) is 10.6 Å². The van der Waals surface area contributed by atoms with Gasteiger partial charge in [0.05, 0.1) is 0 Å². The van der Waals surface area contributed by atoms with E-state index < -0.39 is 10.0 Å². The lowest BCUT2D eigenvalue weighted by atomic mass is 10.2. The molecule has 0 fully saturated rings. The predicted molar refractivity (Wildman–Crippen MR) is 69.0 cm³/mol. The maximum atomic E-state index is 11.8. The van der Waals surface area contributed by atoms with E-state index in [9.17, 15) is 13.5 Å². The predicted octanol–water partition coefficient (Wildman–Crippen LogP) is 1.49. The Labute approximate surface area is 108 Å². The smallest absolute Gasteiger partial charge is 0.244 e. The zero-order valence-electron chi connectivity index (χ0n) is 10.4. The molecule has 1 rings (SSSR count). The number of phenols is 1. The van der Waals surface area contributed by atoms with Crippen LogP contribution in [0.1, 0.15) is 19.3 Å². The van der Waals surface area contributed by atoms with E-state index in [-0.39, 0.29) is 10.6 Å². The summed E-state index contributed by atoms with van der Waals surface area (Å²) < 4.78 is 31.1. The van der Waals surface area contributed by atoms with Gasteiger partial charge in [-0.05, 0) is 31.4 Å². The lowest BCUT2D eigenvalue weighted by Crippen LogP contribution is -2.24. The molecule has 0 amide bonds. The zero-order chi connectivity index (χ0) is 13.4. The van der Waals surface area contributed by atoms with Crippen molar-refractivity contribution in [2.75, 3.05) is 20.3 Å². The van der Waals surface area contributed by atoms with Gasteiger partial charge in [-0.15, -0.1) is 0 Å². The average molecular weight is 273 g/mol. The minimum absolute atomic E-state index is 0.0816. The largest absolute Gasteiger partial charge is 0.507 e. The number of hydrogen-bond donors (Lipinski definition) is 2. The molecule has 2 N–H and O–H groups in total. The quantitative estimate of drug-likeness (QED) is 0.704. The van der Waals surface area contributed by atoms with Crippen molar-refractivity contribution in [1.82, 2.24) is 4.72 Å². The van der Waals surface area contributed by atoms with Crippen molar-refractivity contribution < 1.29 is 18.3 Å². The highest BCUT2D eigenvalue weighted by molar-refractivity contribution is 7.89. The van der Waals surface area contributed by atoms with Gasteiger partial charge in [0.2, 0.25) is 10.0 Å². The number of ether oxygens (including phenoxy) is 1. The van der Waals surface area contributed by atoms with Gasteiger partial charge in [-0.1, -0.05) is 12.1 Å². The number of hydrogen-bond acceptors (Lipinski definition) is 4. The van der Waals surface area contributed by atoms with Crippen LogP contribution in [-0.4, -0.2) is 33.8 Å². The molecule has 6 heteroatoms. The Hall–Kier alpha value is -1.11. The van der Waals surface area contributed by atoms with Crippen LogP contribution < -0.4 is 4.72 Å². The first-order valence-electron chi connectivity index (χ1n) is 5.84. The molecule has 1 aromatic rings. The maximum absolute atomic E-state index is 11.8. The minimum Gasteiger partial charge on any atom is -0.507 e. The Morgan fingerprint density at radius 2 is 1.94 bits per heavy atom. The molecule has 18 heavy (non-hydrogen) atoms. The van der Waals surface area contributed by atoms with Crippen molar-refractivity contribution in [2.45, 2.75) is 24.2 Å². The molecule has 0 saturated carbocycles. The third-order valence-electron chi connectivity index (χ3n) is 2.47. The second-order valence-corrected chi connectivity index (χ2v) is 5.65. The normalized spacial score (nSPS) is 11.6. The molecule has 5 nitrogen and oxygen atoms in total. The summed E-state index contributed by atoms with van der Waals surface area (Å²) in [7, 11) is -1.98. The van der Waals surface area contributed by atoms with Crippen LogP contribution in [0, 0.1) is 0 Å². The Balaban J connectivity index is 2.44. The van der Waals surface area contributed by atoms with Gasteiger partial charge < -0.3 is 9.84 Å². The van der Waals surface area contributed by atoms with Crippen molar-refractivity contribution in [3.63, 3.8) is 0 Å². The monoisotopic (exact) mass is 273 g/mol. The Bertz CT molecular complexity index is 459. The van der Waals surface area contributed by atoms with Crippen molar-refractivity contribution >= 4 is 10.0 Å². The summed E-state index contributed by atoms with van der Waals surface area (Å²) in [4.78, 5) is -0.0816. The number of nitrogens with one attached hydrogen (secondary N) is 1. The first kappa shape index (κ1) is 14.9. The van der Waals surface area contributed by atoms with Crippen LogP contribution in [0.25, 0.3) is 0 Å². The van der Waals surface area contributed by atoms with E-state index in [2.05, 4.69) is 4.72 Å². The van der Waals surface area contributed by atoms with E-state index in [1.165, 1.54) is 12.1 Å². The van der Waals surface area contributed by atoms with E-state index >= 15 is 0 Å². The molecule has 1 aromatic carbocycles. The summed E-state index contributed by atoms with van der Waals surface area (Å²) in [5.74, 6) is -0.232. The minimum atomic E-state index is -3.61. The second kappa shape index (κ2) is 7.35. The lowest BCUT2D eigenvalue weighted by molar-refractivity contribution is 0.192. The average Bonchev–Trinajstić information content (AvgIpc) is 2.34. The van der Waals surface area contributed by atoms with Crippen molar-refractivity contribution in [2.24, 2.45) is 0 Å². The Kier molecular flexibility index (Phi) is 6.11. The summed E-state index contributed by atoms with van der Waals surface area (Å²) in [5, 5.41) is 9.48. The van der Waals surface area contributed by atoms with Crippen LogP contribution in [0.4, 0.5) is 0 Å². The van der Waals surface area contributed by atoms with Crippen LogP contribution in [-0.2, 0) is 14.8 Å². The fraction of sp³-hybridized carbons (Fsp3) is 0.500. The van der Waals surface area contributed by atoms with E-state index in [0.29, 0.717) is 13.2 Å². The number of methoxy groups -OCH3 is 1. The van der Waals surface area contributed by atoms with Crippen LogP contribution >= 0.6 is 0 Å². The standard InChI is InChI=1S/C12H19NO4S/c1-17-10-6-2-5-9-13-18(15,16)12-8-4-3-7-11(12)14/h3-4,7-8,13-14H,2,5-6,9-10H2,1H3. The Morgan fingerprint density at radius 3 is 2.61 bits per heavy atom. The molecule has 0 unspecified atom stereocenters. The molecule has 0 aromatic heterocycles. The third-order valence-corrected chi connectivity index (χ3v) is 3.98. The fourth-order valence-corrected chi connectivity index (χ4v) is 2.69. The highest BCUT2D eigenvalue weighted by atomic mass is 32.2. The van der Waals surface area contributed by atoms with E-state index in [1.807, 2.05) is 0 Å². The molecule has 0 aliphatic carbocycles. The molecular formula is C12H19NO4S. The van der Waals surface area contributed by atoms with Gasteiger partial charge in [0, 0.05) is 20.3 Å². The van der Waals surface area contributed by atoms with Gasteiger partial charge in [-0.25, -0.2) is 13.1 Å². The SMILES string of the molecule is COCCCCCNS(=O)(=O)c1ccccc1O. The second-order valence-electron chi connectivity index (χ2n) is 3.92. The van der Waals surface area contributed by atoms with Crippen LogP contribution in [0.5, 0.6) is 5.75 Å². The number of para-hydroxylation sites is 1. The molecule has 0 heterocycles. The molecule has 102 valence electrons. The van der Waals surface area contributed by atoms with Crippen molar-refractivity contribution in [3.05, 3.63) is 24.3 Å². The van der Waals surface area contributed by atoms with Gasteiger partial charge in [-0.2, -0.15) is 0 Å². The van der Waals surface area contributed by atoms with Crippen molar-refractivity contribution in [1.29, 1.82) is 0 Å². The van der Waals surface area contributed by atoms with Crippen LogP contribution in [0.2, 0.25) is 0 Å². The molecule has 0 aliphatic rings. The van der Waals surface area contributed by atoms with Crippen LogP contribution in [0.15, 0.2) is 29.2 Å². The van der Waals surface area contributed by atoms with Gasteiger partial charge in [-0.3, -0.25) is 0 Å². The van der Waals surface area contributed by atoms with E-state index in [0.717, 1.165) is 19.3 Å². The first-order chi connectivity index (χ1) is 8.58. The number of rotatable bonds is 8. The van der Waals surface area contributed by atoms with Gasteiger partial charge in [0.15, 0.2) is 0 Å². The molecule has 0 radical (unpaired) electrons. The van der Waals surface area contributed by atoms with Crippen molar-refractivity contribution in [3.8, 4) is 5.75 Å². The summed E-state index contributed by atoms with van der Waals surface area (Å²) in [6.07, 6.45) is 2.56. The summed E-state index contributed by atoms with van der Waals surface area (Å²) >= 11 is 0. The summed E-state index contributed by atoms with van der Waals surface area (Å²) in [6, 6.07) is 5.89. The zero-order valence-corrected chi connectivity index (χ0v) is 11.2. The first-order valence-corrected chi connectivity index (χ1v) is 7.33. The number of unbranched alkanes of at least 4 members (excludes halogenated alkanes) is 2. The fourth-order valence-electron chi connectivity index (χ4n) is 1.52. The molecule has 0 saturated heterocycles. The third kappa shape index (κ3) is 4.64. The lowest BCUT2D eigenvalue weighted by Gasteiger charge is -2.07. The summed E-state index contributed by atoms with van der Waals surface area (Å²) in [5.41, 5.74) is 0. The summed E-state index contributed by atoms with van der Waals surface area (Å²) in [6.45, 7) is 1.05. The molecule has 0 atom stereocenters. The highest BCUT2D eigenvalue weighted by Gasteiger charge is 2.16. The molecule has 0 spiro atoms. The van der Waals surface area contributed by atoms with E-state index in [4.69, 9.17) is 4.74 Å². The molecule has 0 bridgehead atoms. The number of phenolic OH excluding ortho intramolecular Hbond substituents is 1. The Morgan fingerprint density at radius 1 is 1.22 bits per heavy atom. The number of benzene rings is 1. The molecular weight excluding hydrogens is 254 g/mol. The maximum Gasteiger partial charge on any atom is 0.244 e. The number of sulfonamides is 1. The molecule has 0 aliphatic heterocycles. The number of aromatic hydroxyl groups is 1. The van der Waals surface area contributed by atoms with Crippen LogP contribution in [0.3, 0.4) is 0 Å². The van der Waals surface area contributed by atoms with E-state index in [1.54, 1.807) is 19.2 Å². The highest BCUT2D eigenvalue weighted by Crippen LogP contribution is 2.20. The van der Waals surface area contributed by atoms with Gasteiger partial charge in [0.25, 0.3) is 0 Å². The van der Waals surface area contributed by atoms with Gasteiger partial charge >= 0.3 is 0 Å².